The second-order valence-corrected chi connectivity index (χ2v) is 9.73. The summed E-state index contributed by atoms with van der Waals surface area (Å²) in [5, 5.41) is 7.23. The zero-order valence-electron chi connectivity index (χ0n) is 20.5. The van der Waals surface area contributed by atoms with Gasteiger partial charge in [0.05, 0.1) is 29.5 Å². The van der Waals surface area contributed by atoms with E-state index in [-0.39, 0.29) is 40.9 Å². The van der Waals surface area contributed by atoms with Crippen LogP contribution in [-0.4, -0.2) is 51.7 Å². The standard InChI is InChI=1S/C29H24F2N4O3/c1-15-12-21(35-34-15)18-6-2-16(3-7-18)17-4-8-19(9-5-17)25-20(30)13-22-27(26(25)31)33-29(32-22)38-24-14-37-23-10-11-36-28(23)24/h2-9,12-13,23-24,28H,10-11,14H2,1H3,(H,32,33)(H,34,35). The van der Waals surface area contributed by atoms with Gasteiger partial charge in [-0.25, -0.2) is 8.78 Å². The third-order valence-electron chi connectivity index (χ3n) is 7.22. The van der Waals surface area contributed by atoms with Gasteiger partial charge in [-0.2, -0.15) is 10.1 Å². The summed E-state index contributed by atoms with van der Waals surface area (Å²) in [6.45, 7) is 2.94. The van der Waals surface area contributed by atoms with Gasteiger partial charge in [-0.15, -0.1) is 0 Å². The third-order valence-corrected chi connectivity index (χ3v) is 7.22. The SMILES string of the molecule is Cc1cc(-c2ccc(-c3ccc(-c4c(F)cc5[nH]c(OC6COC7CCOC76)nc5c4F)cc3)cc2)n[nH]1. The van der Waals surface area contributed by atoms with Crippen molar-refractivity contribution in [2.45, 2.75) is 31.7 Å². The van der Waals surface area contributed by atoms with Crippen molar-refractivity contribution in [2.75, 3.05) is 13.2 Å². The molecule has 2 N–H and O–H groups in total. The summed E-state index contributed by atoms with van der Waals surface area (Å²) < 4.78 is 48.0. The summed E-state index contributed by atoms with van der Waals surface area (Å²) in [6, 6.07) is 18.5. The molecule has 3 aromatic carbocycles. The van der Waals surface area contributed by atoms with Gasteiger partial charge in [-0.3, -0.25) is 5.10 Å². The lowest BCUT2D eigenvalue weighted by molar-refractivity contribution is 0.0273. The molecule has 4 heterocycles. The predicted molar refractivity (Wildman–Crippen MR) is 138 cm³/mol. The highest BCUT2D eigenvalue weighted by Gasteiger charge is 2.43. The zero-order chi connectivity index (χ0) is 25.8. The van der Waals surface area contributed by atoms with Crippen LogP contribution in [0.3, 0.4) is 0 Å². The highest BCUT2D eigenvalue weighted by molar-refractivity contribution is 5.84. The highest BCUT2D eigenvalue weighted by Crippen LogP contribution is 2.35. The van der Waals surface area contributed by atoms with Crippen LogP contribution in [0.1, 0.15) is 12.1 Å². The van der Waals surface area contributed by atoms with Crippen LogP contribution in [0, 0.1) is 18.6 Å². The van der Waals surface area contributed by atoms with Crippen molar-refractivity contribution in [1.82, 2.24) is 20.2 Å². The van der Waals surface area contributed by atoms with Crippen LogP contribution < -0.4 is 4.74 Å². The van der Waals surface area contributed by atoms with E-state index in [4.69, 9.17) is 14.2 Å². The molecule has 5 aromatic rings. The van der Waals surface area contributed by atoms with E-state index >= 15 is 8.78 Å². The molecule has 0 amide bonds. The number of ether oxygens (including phenoxy) is 3. The number of aromatic nitrogens is 4. The van der Waals surface area contributed by atoms with Gasteiger partial charge < -0.3 is 19.2 Å². The maximum atomic E-state index is 15.6. The summed E-state index contributed by atoms with van der Waals surface area (Å²) in [7, 11) is 0. The Morgan fingerprint density at radius 1 is 0.921 bits per heavy atom. The van der Waals surface area contributed by atoms with Crippen molar-refractivity contribution in [2.24, 2.45) is 0 Å². The number of hydrogen-bond donors (Lipinski definition) is 2. The Morgan fingerprint density at radius 2 is 1.63 bits per heavy atom. The first-order valence-corrected chi connectivity index (χ1v) is 12.5. The first kappa shape index (κ1) is 23.1. The molecule has 7 nitrogen and oxygen atoms in total. The number of nitrogens with zero attached hydrogens (tertiary/aromatic N) is 2. The number of fused-ring (bicyclic) bond motifs is 2. The topological polar surface area (TPSA) is 85.1 Å². The Bertz CT molecular complexity index is 1630. The van der Waals surface area contributed by atoms with Crippen molar-refractivity contribution >= 4 is 11.0 Å². The molecule has 3 atom stereocenters. The largest absolute Gasteiger partial charge is 0.456 e. The van der Waals surface area contributed by atoms with Crippen molar-refractivity contribution in [3.8, 4) is 39.5 Å². The van der Waals surface area contributed by atoms with Crippen LogP contribution in [0.4, 0.5) is 8.78 Å². The minimum Gasteiger partial charge on any atom is -0.456 e. The molecule has 38 heavy (non-hydrogen) atoms. The molecule has 9 heteroatoms. The monoisotopic (exact) mass is 514 g/mol. The van der Waals surface area contributed by atoms with Crippen molar-refractivity contribution < 1.29 is 23.0 Å². The smallest absolute Gasteiger partial charge is 0.295 e. The molecule has 2 saturated heterocycles. The second kappa shape index (κ2) is 9.04. The van der Waals surface area contributed by atoms with Crippen molar-refractivity contribution in [3.63, 3.8) is 0 Å². The number of halogens is 2. The summed E-state index contributed by atoms with van der Waals surface area (Å²) in [6.07, 6.45) is 0.305. The fraction of sp³-hybridized carbons (Fsp3) is 0.241. The summed E-state index contributed by atoms with van der Waals surface area (Å²) >= 11 is 0. The van der Waals surface area contributed by atoms with Gasteiger partial charge in [-0.1, -0.05) is 48.5 Å². The van der Waals surface area contributed by atoms with Gasteiger partial charge in [0.1, 0.15) is 17.4 Å². The van der Waals surface area contributed by atoms with E-state index in [0.717, 1.165) is 34.5 Å². The second-order valence-electron chi connectivity index (χ2n) is 9.73. The Morgan fingerprint density at radius 3 is 2.34 bits per heavy atom. The number of nitrogens with one attached hydrogen (secondary N) is 2. The van der Waals surface area contributed by atoms with Crippen molar-refractivity contribution in [3.05, 3.63) is 78.0 Å². The van der Waals surface area contributed by atoms with Gasteiger partial charge >= 0.3 is 0 Å². The molecule has 2 aliphatic heterocycles. The average molecular weight is 515 g/mol. The van der Waals surface area contributed by atoms with Gasteiger partial charge in [0.2, 0.25) is 0 Å². The van der Waals surface area contributed by atoms with E-state index in [1.165, 1.54) is 6.07 Å². The molecular weight excluding hydrogens is 490 g/mol. The first-order valence-electron chi connectivity index (χ1n) is 12.5. The Balaban J connectivity index is 1.14. The number of aryl methyl sites for hydroxylation is 1. The molecule has 0 bridgehead atoms. The molecule has 3 unspecified atom stereocenters. The number of benzene rings is 3. The first-order chi connectivity index (χ1) is 18.5. The van der Waals surface area contributed by atoms with E-state index in [2.05, 4.69) is 20.2 Å². The van der Waals surface area contributed by atoms with E-state index in [9.17, 15) is 0 Å². The van der Waals surface area contributed by atoms with Gasteiger partial charge in [0.15, 0.2) is 11.9 Å². The predicted octanol–water partition coefficient (Wildman–Crippen LogP) is 5.81. The fourth-order valence-electron chi connectivity index (χ4n) is 5.28. The minimum atomic E-state index is -0.741. The molecular formula is C29H24F2N4O3. The zero-order valence-corrected chi connectivity index (χ0v) is 20.5. The van der Waals surface area contributed by atoms with Crippen LogP contribution in [0.15, 0.2) is 60.7 Å². The van der Waals surface area contributed by atoms with E-state index in [0.29, 0.717) is 18.8 Å². The molecule has 192 valence electrons. The number of imidazole rings is 1. The number of H-pyrrole nitrogens is 2. The third kappa shape index (κ3) is 3.95. The Kier molecular flexibility index (Phi) is 5.49. The van der Waals surface area contributed by atoms with Crippen LogP contribution in [0.25, 0.3) is 44.5 Å². The van der Waals surface area contributed by atoms with Gasteiger partial charge in [0, 0.05) is 23.9 Å². The highest BCUT2D eigenvalue weighted by atomic mass is 19.1. The summed E-state index contributed by atoms with van der Waals surface area (Å²) in [5.74, 6) is -1.42. The van der Waals surface area contributed by atoms with Crippen molar-refractivity contribution in [1.29, 1.82) is 0 Å². The number of aromatic amines is 2. The van der Waals surface area contributed by atoms with E-state index < -0.39 is 11.6 Å². The lowest BCUT2D eigenvalue weighted by atomic mass is 9.98. The Labute approximate surface area is 216 Å². The number of rotatable bonds is 5. The van der Waals surface area contributed by atoms with Crippen LogP contribution >= 0.6 is 0 Å². The lowest BCUT2D eigenvalue weighted by Crippen LogP contribution is -2.32. The lowest BCUT2D eigenvalue weighted by Gasteiger charge is -2.15. The van der Waals surface area contributed by atoms with Crippen LogP contribution in [0.2, 0.25) is 0 Å². The minimum absolute atomic E-state index is 0.00601. The van der Waals surface area contributed by atoms with Gasteiger partial charge in [-0.05, 0) is 36.1 Å². The quantitative estimate of drug-likeness (QED) is 0.309. The summed E-state index contributed by atoms with van der Waals surface area (Å²) in [5.41, 5.74) is 5.34. The summed E-state index contributed by atoms with van der Waals surface area (Å²) in [4.78, 5) is 7.16. The molecule has 7 rings (SSSR count). The number of hydrogen-bond acceptors (Lipinski definition) is 5. The van der Waals surface area contributed by atoms with Crippen LogP contribution in [0.5, 0.6) is 6.01 Å². The van der Waals surface area contributed by atoms with E-state index in [1.807, 2.05) is 49.4 Å². The normalized spacial score (nSPS) is 20.8. The van der Waals surface area contributed by atoms with Crippen LogP contribution in [-0.2, 0) is 9.47 Å². The van der Waals surface area contributed by atoms with E-state index in [1.54, 1.807) is 12.1 Å². The molecule has 0 radical (unpaired) electrons. The molecule has 2 aliphatic rings. The molecule has 2 fully saturated rings. The maximum Gasteiger partial charge on any atom is 0.295 e. The maximum absolute atomic E-state index is 15.6. The average Bonchev–Trinajstić information content (AvgIpc) is 3.71. The Hall–Kier alpha value is -4.08. The van der Waals surface area contributed by atoms with Gasteiger partial charge in [0.25, 0.3) is 6.01 Å². The molecule has 0 spiro atoms. The molecule has 2 aromatic heterocycles. The molecule has 0 aliphatic carbocycles. The fourth-order valence-corrected chi connectivity index (χ4v) is 5.28. The molecule has 0 saturated carbocycles.